The fourth-order valence-corrected chi connectivity index (χ4v) is 4.29. The molecule has 1 heterocycles. The van der Waals surface area contributed by atoms with E-state index < -0.39 is 22.0 Å². The van der Waals surface area contributed by atoms with Gasteiger partial charge in [0.2, 0.25) is 10.0 Å². The average molecular weight is 423 g/mol. The molecule has 1 amide bonds. The van der Waals surface area contributed by atoms with Crippen molar-refractivity contribution in [2.45, 2.75) is 32.8 Å². The van der Waals surface area contributed by atoms with Crippen LogP contribution in [0.15, 0.2) is 36.4 Å². The number of hydrogen-bond acceptors (Lipinski definition) is 4. The number of nitrogens with zero attached hydrogens (tertiary/aromatic N) is 1. The highest BCUT2D eigenvalue weighted by atomic mass is 35.5. The fourth-order valence-electron chi connectivity index (χ4n) is 3.22. The molecule has 0 saturated carbocycles. The third-order valence-corrected chi connectivity index (χ3v) is 6.04. The number of carbonyl (C=O) groups excluding carboxylic acids is 1. The van der Waals surface area contributed by atoms with E-state index in [1.807, 2.05) is 39.0 Å². The topological polar surface area (TPSA) is 75.7 Å². The molecule has 2 aromatic rings. The van der Waals surface area contributed by atoms with Gasteiger partial charge in [-0.05, 0) is 42.2 Å². The molecule has 1 aliphatic rings. The minimum absolute atomic E-state index is 0.124. The van der Waals surface area contributed by atoms with Crippen molar-refractivity contribution in [1.29, 1.82) is 0 Å². The number of rotatable bonds is 4. The number of ether oxygens (including phenoxy) is 1. The fraction of sp³-hybridized carbons (Fsp3) is 0.350. The number of amides is 1. The molecule has 0 fully saturated rings. The van der Waals surface area contributed by atoms with Crippen molar-refractivity contribution >= 4 is 38.9 Å². The Bertz CT molecular complexity index is 1020. The standard InChI is InChI=1S/C20H23ClN2O4S/c1-12(2)15-7-5-6-13(3)19(15)22-20(24)18-11-23(28(4,25)26)16-10-14(21)8-9-17(16)27-18/h5-10,12,18H,11H2,1-4H3,(H,22,24). The Kier molecular flexibility index (Phi) is 5.59. The second-order valence-corrected chi connectivity index (χ2v) is 9.54. The van der Waals surface area contributed by atoms with E-state index in [4.69, 9.17) is 16.3 Å². The zero-order valence-corrected chi connectivity index (χ0v) is 17.8. The van der Waals surface area contributed by atoms with E-state index in [-0.39, 0.29) is 12.5 Å². The molecule has 6 nitrogen and oxygen atoms in total. The molecule has 28 heavy (non-hydrogen) atoms. The predicted molar refractivity (Wildman–Crippen MR) is 112 cm³/mol. The SMILES string of the molecule is Cc1cccc(C(C)C)c1NC(=O)C1CN(S(C)(=O)=O)c2cc(Cl)ccc2O1. The maximum Gasteiger partial charge on any atom is 0.267 e. The maximum absolute atomic E-state index is 13.0. The maximum atomic E-state index is 13.0. The summed E-state index contributed by atoms with van der Waals surface area (Å²) < 4.78 is 31.5. The van der Waals surface area contributed by atoms with Crippen molar-refractivity contribution in [3.05, 3.63) is 52.5 Å². The van der Waals surface area contributed by atoms with Gasteiger partial charge in [0.15, 0.2) is 6.10 Å². The molecular formula is C20H23ClN2O4S. The zero-order chi connectivity index (χ0) is 20.6. The van der Waals surface area contributed by atoms with E-state index in [1.54, 1.807) is 12.1 Å². The second kappa shape index (κ2) is 7.64. The lowest BCUT2D eigenvalue weighted by Gasteiger charge is -2.34. The Hall–Kier alpha value is -2.25. The third kappa shape index (κ3) is 4.10. The average Bonchev–Trinajstić information content (AvgIpc) is 2.61. The van der Waals surface area contributed by atoms with Gasteiger partial charge in [-0.15, -0.1) is 0 Å². The molecule has 0 aliphatic carbocycles. The molecule has 0 aromatic heterocycles. The van der Waals surface area contributed by atoms with Crippen LogP contribution in [0.3, 0.4) is 0 Å². The highest BCUT2D eigenvalue weighted by Crippen LogP contribution is 2.37. The number of halogens is 1. The highest BCUT2D eigenvalue weighted by Gasteiger charge is 2.35. The summed E-state index contributed by atoms with van der Waals surface area (Å²) in [5, 5.41) is 3.32. The normalized spacial score (nSPS) is 16.5. The molecule has 0 radical (unpaired) electrons. The minimum atomic E-state index is -3.61. The summed E-state index contributed by atoms with van der Waals surface area (Å²) >= 11 is 6.01. The second-order valence-electron chi connectivity index (χ2n) is 7.20. The number of anilines is 2. The van der Waals surface area contributed by atoms with Crippen LogP contribution in [0.2, 0.25) is 5.02 Å². The first kappa shape index (κ1) is 20.5. The van der Waals surface area contributed by atoms with Gasteiger partial charge in [0.05, 0.1) is 18.5 Å². The number of carbonyl (C=O) groups is 1. The third-order valence-electron chi connectivity index (χ3n) is 4.66. The molecule has 8 heteroatoms. The summed E-state index contributed by atoms with van der Waals surface area (Å²) in [5.74, 6) is 0.124. The lowest BCUT2D eigenvalue weighted by Crippen LogP contribution is -2.48. The van der Waals surface area contributed by atoms with Crippen LogP contribution in [-0.2, 0) is 14.8 Å². The van der Waals surface area contributed by atoms with E-state index in [9.17, 15) is 13.2 Å². The summed E-state index contributed by atoms with van der Waals surface area (Å²) in [6, 6.07) is 10.5. The number of benzene rings is 2. The van der Waals surface area contributed by atoms with Crippen LogP contribution in [0.5, 0.6) is 5.75 Å². The number of fused-ring (bicyclic) bond motifs is 1. The minimum Gasteiger partial charge on any atom is -0.476 e. The van der Waals surface area contributed by atoms with Crippen LogP contribution in [0.4, 0.5) is 11.4 Å². The quantitative estimate of drug-likeness (QED) is 0.809. The molecule has 0 bridgehead atoms. The van der Waals surface area contributed by atoms with Crippen LogP contribution in [-0.4, -0.2) is 33.2 Å². The van der Waals surface area contributed by atoms with Gasteiger partial charge in [-0.2, -0.15) is 0 Å². The molecule has 1 aliphatic heterocycles. The van der Waals surface area contributed by atoms with Gasteiger partial charge in [0.1, 0.15) is 5.75 Å². The summed E-state index contributed by atoms with van der Waals surface area (Å²) in [7, 11) is -3.61. The van der Waals surface area contributed by atoms with E-state index in [1.165, 1.54) is 6.07 Å². The summed E-state index contributed by atoms with van der Waals surface area (Å²) in [4.78, 5) is 13.0. The van der Waals surface area contributed by atoms with Gasteiger partial charge in [0.25, 0.3) is 5.91 Å². The Balaban J connectivity index is 1.93. The number of para-hydroxylation sites is 1. The lowest BCUT2D eigenvalue weighted by molar-refractivity contribution is -0.122. The zero-order valence-electron chi connectivity index (χ0n) is 16.2. The number of hydrogen-bond donors (Lipinski definition) is 1. The van der Waals surface area contributed by atoms with Crippen molar-refractivity contribution in [2.24, 2.45) is 0 Å². The van der Waals surface area contributed by atoms with Crippen LogP contribution in [0.25, 0.3) is 0 Å². The first-order valence-corrected chi connectivity index (χ1v) is 11.1. The molecule has 0 saturated heterocycles. The Labute approximate surface area is 170 Å². The van der Waals surface area contributed by atoms with Crippen molar-refractivity contribution < 1.29 is 17.9 Å². The van der Waals surface area contributed by atoms with Gasteiger partial charge in [-0.1, -0.05) is 43.6 Å². The molecule has 1 unspecified atom stereocenters. The van der Waals surface area contributed by atoms with Gasteiger partial charge in [-0.25, -0.2) is 8.42 Å². The largest absolute Gasteiger partial charge is 0.476 e. The molecule has 0 spiro atoms. The molecule has 150 valence electrons. The monoisotopic (exact) mass is 422 g/mol. The van der Waals surface area contributed by atoms with E-state index in [0.717, 1.165) is 27.4 Å². The molecular weight excluding hydrogens is 400 g/mol. The van der Waals surface area contributed by atoms with Crippen LogP contribution < -0.4 is 14.4 Å². The van der Waals surface area contributed by atoms with Crippen LogP contribution in [0.1, 0.15) is 30.9 Å². The Morgan fingerprint density at radius 2 is 2.00 bits per heavy atom. The van der Waals surface area contributed by atoms with Crippen molar-refractivity contribution in [3.8, 4) is 5.75 Å². The summed E-state index contributed by atoms with van der Waals surface area (Å²) in [6.45, 7) is 5.89. The summed E-state index contributed by atoms with van der Waals surface area (Å²) in [6.07, 6.45) is 0.110. The molecule has 2 aromatic carbocycles. The first-order valence-electron chi connectivity index (χ1n) is 8.92. The summed E-state index contributed by atoms with van der Waals surface area (Å²) in [5.41, 5.74) is 3.01. The van der Waals surface area contributed by atoms with Gasteiger partial charge in [-0.3, -0.25) is 9.10 Å². The van der Waals surface area contributed by atoms with Crippen molar-refractivity contribution in [3.63, 3.8) is 0 Å². The number of aryl methyl sites for hydroxylation is 1. The van der Waals surface area contributed by atoms with E-state index >= 15 is 0 Å². The molecule has 3 rings (SSSR count). The van der Waals surface area contributed by atoms with Crippen LogP contribution >= 0.6 is 11.6 Å². The van der Waals surface area contributed by atoms with Gasteiger partial charge < -0.3 is 10.1 Å². The Morgan fingerprint density at radius 3 is 2.64 bits per heavy atom. The lowest BCUT2D eigenvalue weighted by atomic mass is 9.98. The van der Waals surface area contributed by atoms with Crippen molar-refractivity contribution in [1.82, 2.24) is 0 Å². The first-order chi connectivity index (χ1) is 13.1. The predicted octanol–water partition coefficient (Wildman–Crippen LogP) is 3.94. The number of sulfonamides is 1. The van der Waals surface area contributed by atoms with Gasteiger partial charge in [0, 0.05) is 10.7 Å². The van der Waals surface area contributed by atoms with Crippen molar-refractivity contribution in [2.75, 3.05) is 22.4 Å². The smallest absolute Gasteiger partial charge is 0.267 e. The van der Waals surface area contributed by atoms with E-state index in [2.05, 4.69) is 5.32 Å². The number of nitrogens with one attached hydrogen (secondary N) is 1. The van der Waals surface area contributed by atoms with Crippen LogP contribution in [0, 0.1) is 6.92 Å². The highest BCUT2D eigenvalue weighted by molar-refractivity contribution is 7.92. The van der Waals surface area contributed by atoms with E-state index in [0.29, 0.717) is 16.5 Å². The molecule has 1 N–H and O–H groups in total. The Morgan fingerprint density at radius 1 is 1.29 bits per heavy atom. The molecule has 1 atom stereocenters. The van der Waals surface area contributed by atoms with Gasteiger partial charge >= 0.3 is 0 Å².